The first-order valence-corrected chi connectivity index (χ1v) is 10.2. The van der Waals surface area contributed by atoms with Crippen LogP contribution in [0.4, 0.5) is 5.82 Å². The Morgan fingerprint density at radius 1 is 1.28 bits per heavy atom. The summed E-state index contributed by atoms with van der Waals surface area (Å²) < 4.78 is 2.03. The summed E-state index contributed by atoms with van der Waals surface area (Å²) >= 11 is 6.28. The second kappa shape index (κ2) is 9.09. The van der Waals surface area contributed by atoms with Gasteiger partial charge in [-0.1, -0.05) is 17.7 Å². The van der Waals surface area contributed by atoms with E-state index in [2.05, 4.69) is 35.7 Å². The van der Waals surface area contributed by atoms with Crippen molar-refractivity contribution >= 4 is 29.0 Å². The van der Waals surface area contributed by atoms with Gasteiger partial charge in [0, 0.05) is 51.5 Å². The minimum absolute atomic E-state index is 0.305. The maximum Gasteiger partial charge on any atom is 0.191 e. The van der Waals surface area contributed by atoms with Crippen LogP contribution >= 0.6 is 11.6 Å². The molecule has 0 spiro atoms. The SMILES string of the molecule is CN=C(NCCCc1nnc2ccccn12)NC1CCN(c2ncccc2Cl)C1. The smallest absolute Gasteiger partial charge is 0.191 e. The molecule has 1 unspecified atom stereocenters. The number of rotatable bonds is 6. The zero-order chi connectivity index (χ0) is 20.1. The van der Waals surface area contributed by atoms with Crippen LogP contribution in [0.15, 0.2) is 47.7 Å². The number of pyridine rings is 2. The van der Waals surface area contributed by atoms with Gasteiger partial charge in [-0.25, -0.2) is 4.98 Å². The van der Waals surface area contributed by atoms with Crippen LogP contribution in [0, 0.1) is 0 Å². The Hall–Kier alpha value is -2.87. The average Bonchev–Trinajstić information content (AvgIpc) is 3.38. The van der Waals surface area contributed by atoms with Crippen molar-refractivity contribution in [3.8, 4) is 0 Å². The van der Waals surface area contributed by atoms with E-state index >= 15 is 0 Å². The standard InChI is InChI=1S/C20H25ClN8/c1-22-20(24-11-5-8-18-27-26-17-7-2-3-12-29(17)18)25-15-9-13-28(14-15)19-16(21)6-4-10-23-19/h2-4,6-7,10,12,15H,5,8-9,11,13-14H2,1H3,(H2,22,24,25). The molecule has 0 aromatic carbocycles. The molecule has 0 bridgehead atoms. The number of hydrogen-bond donors (Lipinski definition) is 2. The Kier molecular flexibility index (Phi) is 6.09. The Labute approximate surface area is 175 Å². The lowest BCUT2D eigenvalue weighted by molar-refractivity contribution is 0.640. The van der Waals surface area contributed by atoms with E-state index in [-0.39, 0.29) is 0 Å². The normalized spacial score (nSPS) is 17.1. The fourth-order valence-corrected chi connectivity index (χ4v) is 3.82. The molecule has 1 aliphatic heterocycles. The Morgan fingerprint density at radius 2 is 2.21 bits per heavy atom. The van der Waals surface area contributed by atoms with Crippen molar-refractivity contribution in [2.24, 2.45) is 4.99 Å². The zero-order valence-corrected chi connectivity index (χ0v) is 17.2. The zero-order valence-electron chi connectivity index (χ0n) is 16.4. The number of fused-ring (bicyclic) bond motifs is 1. The summed E-state index contributed by atoms with van der Waals surface area (Å²) in [5.74, 6) is 2.64. The molecule has 2 N–H and O–H groups in total. The number of anilines is 1. The minimum atomic E-state index is 0.305. The van der Waals surface area contributed by atoms with E-state index < -0.39 is 0 Å². The van der Waals surface area contributed by atoms with Gasteiger partial charge in [-0.15, -0.1) is 10.2 Å². The molecule has 4 heterocycles. The Bertz CT molecular complexity index is 985. The van der Waals surface area contributed by atoms with E-state index in [1.807, 2.05) is 40.9 Å². The Morgan fingerprint density at radius 3 is 3.07 bits per heavy atom. The molecule has 0 saturated carbocycles. The highest BCUT2D eigenvalue weighted by molar-refractivity contribution is 6.32. The van der Waals surface area contributed by atoms with Gasteiger partial charge in [0.15, 0.2) is 11.6 Å². The van der Waals surface area contributed by atoms with Crippen LogP contribution in [0.2, 0.25) is 5.02 Å². The van der Waals surface area contributed by atoms with E-state index in [0.717, 1.165) is 62.1 Å². The summed E-state index contributed by atoms with van der Waals surface area (Å²) in [6.45, 7) is 2.58. The summed E-state index contributed by atoms with van der Waals surface area (Å²) in [6, 6.07) is 9.96. The van der Waals surface area contributed by atoms with Gasteiger partial charge >= 0.3 is 0 Å². The maximum atomic E-state index is 6.28. The van der Waals surface area contributed by atoms with Gasteiger partial charge in [-0.05, 0) is 37.1 Å². The largest absolute Gasteiger partial charge is 0.356 e. The van der Waals surface area contributed by atoms with Crippen LogP contribution in [0.3, 0.4) is 0 Å². The highest BCUT2D eigenvalue weighted by Gasteiger charge is 2.25. The van der Waals surface area contributed by atoms with Crippen molar-refractivity contribution in [3.05, 3.63) is 53.6 Å². The second-order valence-corrected chi connectivity index (χ2v) is 7.44. The highest BCUT2D eigenvalue weighted by Crippen LogP contribution is 2.25. The molecular weight excluding hydrogens is 388 g/mol. The first-order valence-electron chi connectivity index (χ1n) is 9.86. The van der Waals surface area contributed by atoms with Crippen LogP contribution in [0.1, 0.15) is 18.7 Å². The third-order valence-electron chi connectivity index (χ3n) is 5.05. The van der Waals surface area contributed by atoms with Gasteiger partial charge in [0.05, 0.1) is 5.02 Å². The van der Waals surface area contributed by atoms with Crippen LogP contribution in [0.25, 0.3) is 5.65 Å². The monoisotopic (exact) mass is 412 g/mol. The predicted octanol–water partition coefficient (Wildman–Crippen LogP) is 2.15. The molecule has 152 valence electrons. The van der Waals surface area contributed by atoms with E-state index in [1.54, 1.807) is 13.2 Å². The van der Waals surface area contributed by atoms with E-state index in [9.17, 15) is 0 Å². The number of nitrogens with one attached hydrogen (secondary N) is 2. The lowest BCUT2D eigenvalue weighted by Gasteiger charge is -2.20. The fraction of sp³-hybridized carbons (Fsp3) is 0.400. The van der Waals surface area contributed by atoms with Crippen molar-refractivity contribution < 1.29 is 0 Å². The number of aliphatic imine (C=N–C) groups is 1. The molecule has 1 fully saturated rings. The minimum Gasteiger partial charge on any atom is -0.356 e. The van der Waals surface area contributed by atoms with Gasteiger partial charge in [-0.2, -0.15) is 0 Å². The van der Waals surface area contributed by atoms with Crippen molar-refractivity contribution in [1.29, 1.82) is 0 Å². The Balaban J connectivity index is 1.23. The molecule has 3 aromatic heterocycles. The van der Waals surface area contributed by atoms with Gasteiger partial charge in [0.2, 0.25) is 0 Å². The van der Waals surface area contributed by atoms with Crippen LogP contribution < -0.4 is 15.5 Å². The third kappa shape index (κ3) is 4.59. The second-order valence-electron chi connectivity index (χ2n) is 7.03. The maximum absolute atomic E-state index is 6.28. The molecule has 29 heavy (non-hydrogen) atoms. The van der Waals surface area contributed by atoms with Crippen LogP contribution in [-0.2, 0) is 6.42 Å². The quantitative estimate of drug-likeness (QED) is 0.367. The first kappa shape index (κ1) is 19.4. The summed E-state index contributed by atoms with van der Waals surface area (Å²) in [5.41, 5.74) is 0.881. The molecule has 3 aromatic rings. The van der Waals surface area contributed by atoms with E-state index in [0.29, 0.717) is 11.1 Å². The molecule has 1 saturated heterocycles. The molecule has 0 radical (unpaired) electrons. The van der Waals surface area contributed by atoms with Crippen molar-refractivity contribution in [2.75, 3.05) is 31.6 Å². The molecule has 1 aliphatic rings. The van der Waals surface area contributed by atoms with Gasteiger partial charge < -0.3 is 15.5 Å². The molecular formula is C20H25ClN8. The molecule has 0 aliphatic carbocycles. The molecule has 0 amide bonds. The van der Waals surface area contributed by atoms with Crippen molar-refractivity contribution in [3.63, 3.8) is 0 Å². The number of nitrogens with zero attached hydrogens (tertiary/aromatic N) is 6. The third-order valence-corrected chi connectivity index (χ3v) is 5.34. The van der Waals surface area contributed by atoms with Gasteiger partial charge in [0.25, 0.3) is 0 Å². The van der Waals surface area contributed by atoms with Crippen molar-refractivity contribution in [1.82, 2.24) is 30.2 Å². The van der Waals surface area contributed by atoms with Crippen molar-refractivity contribution in [2.45, 2.75) is 25.3 Å². The van der Waals surface area contributed by atoms with Crippen LogP contribution in [-0.4, -0.2) is 58.3 Å². The number of aryl methyl sites for hydroxylation is 1. The topological polar surface area (TPSA) is 82.7 Å². The molecule has 9 heteroatoms. The fourth-order valence-electron chi connectivity index (χ4n) is 3.58. The summed E-state index contributed by atoms with van der Waals surface area (Å²) in [6.07, 6.45) is 6.58. The number of aromatic nitrogens is 4. The highest BCUT2D eigenvalue weighted by atomic mass is 35.5. The predicted molar refractivity (Wildman–Crippen MR) is 116 cm³/mol. The van der Waals surface area contributed by atoms with Gasteiger partial charge in [-0.3, -0.25) is 9.39 Å². The van der Waals surface area contributed by atoms with E-state index in [4.69, 9.17) is 11.6 Å². The van der Waals surface area contributed by atoms with Gasteiger partial charge in [0.1, 0.15) is 11.6 Å². The number of halogens is 1. The summed E-state index contributed by atoms with van der Waals surface area (Å²) in [5, 5.41) is 16.1. The van der Waals surface area contributed by atoms with Crippen LogP contribution in [0.5, 0.6) is 0 Å². The van der Waals surface area contributed by atoms with E-state index in [1.165, 1.54) is 0 Å². The molecule has 1 atom stereocenters. The average molecular weight is 413 g/mol. The molecule has 8 nitrogen and oxygen atoms in total. The summed E-state index contributed by atoms with van der Waals surface area (Å²) in [4.78, 5) is 11.0. The first-order chi connectivity index (χ1) is 14.2. The summed E-state index contributed by atoms with van der Waals surface area (Å²) in [7, 11) is 1.80. The lowest BCUT2D eigenvalue weighted by atomic mass is 10.2. The number of hydrogen-bond acceptors (Lipinski definition) is 5. The lowest BCUT2D eigenvalue weighted by Crippen LogP contribution is -2.45. The number of guanidine groups is 1. The molecule has 4 rings (SSSR count).